The Kier molecular flexibility index (Phi) is 6.11. The van der Waals surface area contributed by atoms with Gasteiger partial charge in [-0.15, -0.1) is 0 Å². The molecule has 0 spiro atoms. The Bertz CT molecular complexity index is 536. The van der Waals surface area contributed by atoms with Crippen molar-refractivity contribution in [2.75, 3.05) is 19.8 Å². The lowest BCUT2D eigenvalue weighted by molar-refractivity contribution is 0.0478. The van der Waals surface area contributed by atoms with Crippen molar-refractivity contribution in [3.63, 3.8) is 0 Å². The third kappa shape index (κ3) is 4.15. The minimum Gasteiger partial charge on any atom is -0.396 e. The van der Waals surface area contributed by atoms with Crippen LogP contribution in [0.25, 0.3) is 0 Å². The summed E-state index contributed by atoms with van der Waals surface area (Å²) in [6.07, 6.45) is 1.94. The Hall–Kier alpha value is -1.24. The van der Waals surface area contributed by atoms with E-state index in [4.69, 9.17) is 21.4 Å². The Balaban J connectivity index is 2.12. The molecule has 0 bridgehead atoms. The van der Waals surface area contributed by atoms with E-state index in [1.807, 2.05) is 0 Å². The first kappa shape index (κ1) is 17.1. The molecule has 7 heteroatoms. The highest BCUT2D eigenvalue weighted by Gasteiger charge is 2.26. The normalized spacial score (nSPS) is 17.3. The number of rotatable bonds is 5. The lowest BCUT2D eigenvalue weighted by Crippen LogP contribution is -2.43. The van der Waals surface area contributed by atoms with Gasteiger partial charge in [-0.1, -0.05) is 11.6 Å². The second-order valence-electron chi connectivity index (χ2n) is 5.29. The molecule has 2 N–H and O–H groups in total. The van der Waals surface area contributed by atoms with Crippen molar-refractivity contribution in [1.29, 1.82) is 0 Å². The van der Waals surface area contributed by atoms with Crippen LogP contribution in [0.2, 0.25) is 5.02 Å². The van der Waals surface area contributed by atoms with Gasteiger partial charge in [-0.2, -0.15) is 0 Å². The molecule has 1 amide bonds. The van der Waals surface area contributed by atoms with E-state index in [-0.39, 0.29) is 29.2 Å². The summed E-state index contributed by atoms with van der Waals surface area (Å²) in [4.78, 5) is 12.3. The third-order valence-corrected chi connectivity index (χ3v) is 4.16. The van der Waals surface area contributed by atoms with Gasteiger partial charge in [-0.3, -0.25) is 4.79 Å². The highest BCUT2D eigenvalue weighted by Crippen LogP contribution is 2.23. The summed E-state index contributed by atoms with van der Waals surface area (Å²) in [6, 6.07) is 1.31. The fourth-order valence-electron chi connectivity index (χ4n) is 2.63. The summed E-state index contributed by atoms with van der Waals surface area (Å²) >= 11 is 5.81. The Morgan fingerprint density at radius 2 is 2.00 bits per heavy atom. The van der Waals surface area contributed by atoms with Gasteiger partial charge in [0.2, 0.25) is 0 Å². The predicted molar refractivity (Wildman–Crippen MR) is 77.9 cm³/mol. The third-order valence-electron chi connectivity index (χ3n) is 3.85. The van der Waals surface area contributed by atoms with Crippen LogP contribution in [0.4, 0.5) is 8.78 Å². The lowest BCUT2D eigenvalue weighted by atomic mass is 9.89. The van der Waals surface area contributed by atoms with Gasteiger partial charge in [-0.05, 0) is 37.3 Å². The molecule has 0 aromatic heterocycles. The monoisotopic (exact) mass is 333 g/mol. The molecule has 0 aliphatic carbocycles. The zero-order valence-corrected chi connectivity index (χ0v) is 12.7. The van der Waals surface area contributed by atoms with E-state index in [2.05, 4.69) is 5.32 Å². The lowest BCUT2D eigenvalue weighted by Gasteiger charge is -2.30. The number of ether oxygens (including phenoxy) is 1. The molecular weight excluding hydrogens is 316 g/mol. The van der Waals surface area contributed by atoms with Gasteiger partial charge in [-0.25, -0.2) is 8.78 Å². The first-order valence-electron chi connectivity index (χ1n) is 7.17. The van der Waals surface area contributed by atoms with E-state index in [0.717, 1.165) is 25.0 Å². The van der Waals surface area contributed by atoms with Crippen molar-refractivity contribution < 1.29 is 23.4 Å². The number of aliphatic hydroxyl groups is 1. The number of halogens is 3. The van der Waals surface area contributed by atoms with Crippen LogP contribution in [0, 0.1) is 17.6 Å². The number of carbonyl (C=O) groups excluding carboxylic acids is 1. The summed E-state index contributed by atoms with van der Waals surface area (Å²) < 4.78 is 31.6. The fraction of sp³-hybridized carbons (Fsp3) is 0.533. The molecular formula is C15H18ClF2NO3. The van der Waals surface area contributed by atoms with Crippen molar-refractivity contribution in [2.24, 2.45) is 5.92 Å². The van der Waals surface area contributed by atoms with E-state index >= 15 is 0 Å². The van der Waals surface area contributed by atoms with Gasteiger partial charge in [0.05, 0.1) is 10.6 Å². The van der Waals surface area contributed by atoms with Crippen molar-refractivity contribution in [3.8, 4) is 0 Å². The zero-order chi connectivity index (χ0) is 16.1. The molecule has 1 fully saturated rings. The molecule has 0 radical (unpaired) electrons. The first-order chi connectivity index (χ1) is 10.5. The minimum absolute atomic E-state index is 0.0756. The number of carbonyl (C=O) groups is 1. The maximum Gasteiger partial charge on any atom is 0.253 e. The van der Waals surface area contributed by atoms with E-state index in [1.165, 1.54) is 0 Å². The molecule has 122 valence electrons. The van der Waals surface area contributed by atoms with Gasteiger partial charge in [0.15, 0.2) is 11.6 Å². The smallest absolute Gasteiger partial charge is 0.253 e. The second-order valence-corrected chi connectivity index (χ2v) is 5.70. The van der Waals surface area contributed by atoms with Crippen molar-refractivity contribution >= 4 is 17.5 Å². The molecule has 4 nitrogen and oxygen atoms in total. The quantitative estimate of drug-likeness (QED) is 0.814. The van der Waals surface area contributed by atoms with Crippen LogP contribution in [0.15, 0.2) is 12.1 Å². The number of nitrogens with one attached hydrogen (secondary N) is 1. The average Bonchev–Trinajstić information content (AvgIpc) is 2.51. The molecule has 1 aromatic carbocycles. The van der Waals surface area contributed by atoms with E-state index in [1.54, 1.807) is 0 Å². The van der Waals surface area contributed by atoms with Crippen LogP contribution in [-0.4, -0.2) is 36.9 Å². The van der Waals surface area contributed by atoms with Crippen molar-refractivity contribution in [1.82, 2.24) is 5.32 Å². The Morgan fingerprint density at radius 3 is 2.64 bits per heavy atom. The van der Waals surface area contributed by atoms with E-state index in [0.29, 0.717) is 19.6 Å². The SMILES string of the molecule is O=C(NC(CCO)C1CCOCC1)c1cc(F)c(F)cc1Cl. The van der Waals surface area contributed by atoms with Crippen LogP contribution in [0.5, 0.6) is 0 Å². The standard InChI is InChI=1S/C15H18ClF2NO3/c16-11-8-13(18)12(17)7-10(11)15(21)19-14(1-4-20)9-2-5-22-6-3-9/h7-9,14,20H,1-6H2,(H,19,21). The first-order valence-corrected chi connectivity index (χ1v) is 7.54. The number of amides is 1. The van der Waals surface area contributed by atoms with Crippen molar-refractivity contribution in [3.05, 3.63) is 34.4 Å². The predicted octanol–water partition coefficient (Wildman–Crippen LogP) is 2.53. The maximum atomic E-state index is 13.3. The summed E-state index contributed by atoms with van der Waals surface area (Å²) in [7, 11) is 0. The minimum atomic E-state index is -1.13. The van der Waals surface area contributed by atoms with Gasteiger partial charge in [0.1, 0.15) is 0 Å². The number of benzene rings is 1. The highest BCUT2D eigenvalue weighted by atomic mass is 35.5. The molecule has 1 atom stereocenters. The molecule has 1 aliphatic heterocycles. The molecule has 0 saturated carbocycles. The van der Waals surface area contributed by atoms with E-state index in [9.17, 15) is 13.6 Å². The van der Waals surface area contributed by atoms with Gasteiger partial charge < -0.3 is 15.2 Å². The van der Waals surface area contributed by atoms with Crippen LogP contribution in [-0.2, 0) is 4.74 Å². The Labute approximate surface area is 132 Å². The molecule has 1 saturated heterocycles. The molecule has 22 heavy (non-hydrogen) atoms. The highest BCUT2D eigenvalue weighted by molar-refractivity contribution is 6.33. The van der Waals surface area contributed by atoms with Crippen LogP contribution >= 0.6 is 11.6 Å². The molecule has 1 unspecified atom stereocenters. The fourth-order valence-corrected chi connectivity index (χ4v) is 2.86. The van der Waals surface area contributed by atoms with Crippen LogP contribution in [0.1, 0.15) is 29.6 Å². The largest absolute Gasteiger partial charge is 0.396 e. The maximum absolute atomic E-state index is 13.3. The van der Waals surface area contributed by atoms with Crippen LogP contribution < -0.4 is 5.32 Å². The topological polar surface area (TPSA) is 58.6 Å². The van der Waals surface area contributed by atoms with E-state index < -0.39 is 17.5 Å². The summed E-state index contributed by atoms with van der Waals surface area (Å²) in [5, 5.41) is 11.8. The average molecular weight is 334 g/mol. The molecule has 1 heterocycles. The molecule has 2 rings (SSSR count). The number of hydrogen-bond donors (Lipinski definition) is 2. The van der Waals surface area contributed by atoms with Gasteiger partial charge >= 0.3 is 0 Å². The van der Waals surface area contributed by atoms with Gasteiger partial charge in [0, 0.05) is 25.9 Å². The molecule has 1 aliphatic rings. The summed E-state index contributed by atoms with van der Waals surface area (Å²) in [5.41, 5.74) is -0.115. The number of hydrogen-bond acceptors (Lipinski definition) is 3. The van der Waals surface area contributed by atoms with Gasteiger partial charge in [0.25, 0.3) is 5.91 Å². The number of aliphatic hydroxyl groups excluding tert-OH is 1. The summed E-state index contributed by atoms with van der Waals surface area (Å²) in [5.74, 6) is -2.63. The Morgan fingerprint density at radius 1 is 1.36 bits per heavy atom. The second kappa shape index (κ2) is 7.85. The molecule has 1 aromatic rings. The zero-order valence-electron chi connectivity index (χ0n) is 11.9. The van der Waals surface area contributed by atoms with Crippen molar-refractivity contribution in [2.45, 2.75) is 25.3 Å². The summed E-state index contributed by atoms with van der Waals surface area (Å²) in [6.45, 7) is 1.14. The van der Waals surface area contributed by atoms with Crippen LogP contribution in [0.3, 0.4) is 0 Å².